The second-order valence-electron chi connectivity index (χ2n) is 5.63. The molecule has 6 heteroatoms. The average Bonchev–Trinajstić information content (AvgIpc) is 3.38. The minimum Gasteiger partial charge on any atom is -0.495 e. The van der Waals surface area contributed by atoms with E-state index in [-0.39, 0.29) is 23.7 Å². The van der Waals surface area contributed by atoms with E-state index in [4.69, 9.17) is 4.74 Å². The summed E-state index contributed by atoms with van der Waals surface area (Å²) in [5, 5.41) is 5.67. The van der Waals surface area contributed by atoms with E-state index in [1.54, 1.807) is 19.2 Å². The maximum Gasteiger partial charge on any atom is 0.228 e. The van der Waals surface area contributed by atoms with Crippen molar-refractivity contribution in [1.29, 1.82) is 0 Å². The molecule has 0 radical (unpaired) electrons. The zero-order valence-electron chi connectivity index (χ0n) is 13.1. The Morgan fingerprint density at radius 2 is 1.62 bits per heavy atom. The number of carbonyl (C=O) groups excluding carboxylic acids is 2. The second kappa shape index (κ2) is 7.05. The molecule has 3 rings (SSSR count). The number of rotatable bonds is 5. The van der Waals surface area contributed by atoms with Crippen molar-refractivity contribution in [2.75, 3.05) is 17.7 Å². The summed E-state index contributed by atoms with van der Waals surface area (Å²) in [6, 6.07) is 14.5. The van der Waals surface area contributed by atoms with E-state index in [2.05, 4.69) is 26.6 Å². The van der Waals surface area contributed by atoms with Crippen molar-refractivity contribution in [1.82, 2.24) is 0 Å². The molecule has 2 amide bonds. The molecule has 24 heavy (non-hydrogen) atoms. The number of carbonyl (C=O) groups is 2. The van der Waals surface area contributed by atoms with Crippen LogP contribution < -0.4 is 15.4 Å². The van der Waals surface area contributed by atoms with Crippen molar-refractivity contribution in [2.24, 2.45) is 11.8 Å². The zero-order chi connectivity index (χ0) is 17.1. The highest BCUT2D eigenvalue weighted by Gasteiger charge is 2.48. The van der Waals surface area contributed by atoms with Crippen LogP contribution in [0, 0.1) is 11.8 Å². The molecule has 0 aliphatic heterocycles. The molecule has 2 N–H and O–H groups in total. The Labute approximate surface area is 148 Å². The fourth-order valence-electron chi connectivity index (χ4n) is 2.52. The predicted octanol–water partition coefficient (Wildman–Crippen LogP) is 3.67. The maximum atomic E-state index is 12.3. The smallest absolute Gasteiger partial charge is 0.228 e. The molecule has 1 aliphatic rings. The molecule has 0 spiro atoms. The first-order valence-corrected chi connectivity index (χ1v) is 8.38. The van der Waals surface area contributed by atoms with Crippen molar-refractivity contribution in [3.05, 3.63) is 53.0 Å². The number of amides is 2. The minimum absolute atomic E-state index is 0.127. The molecular formula is C18H17BrN2O3. The second-order valence-corrected chi connectivity index (χ2v) is 6.55. The zero-order valence-corrected chi connectivity index (χ0v) is 14.7. The van der Waals surface area contributed by atoms with Gasteiger partial charge in [-0.2, -0.15) is 0 Å². The third-order valence-corrected chi connectivity index (χ3v) is 4.47. The number of ether oxygens (including phenoxy) is 1. The largest absolute Gasteiger partial charge is 0.495 e. The van der Waals surface area contributed by atoms with Crippen LogP contribution in [0.1, 0.15) is 6.42 Å². The Bertz CT molecular complexity index is 761. The topological polar surface area (TPSA) is 67.4 Å². The first kappa shape index (κ1) is 16.5. The van der Waals surface area contributed by atoms with Gasteiger partial charge in [0.05, 0.1) is 24.6 Å². The van der Waals surface area contributed by atoms with Gasteiger partial charge in [-0.1, -0.05) is 28.1 Å². The van der Waals surface area contributed by atoms with Gasteiger partial charge in [0.25, 0.3) is 0 Å². The van der Waals surface area contributed by atoms with Gasteiger partial charge in [-0.25, -0.2) is 0 Å². The monoisotopic (exact) mass is 388 g/mol. The van der Waals surface area contributed by atoms with Gasteiger partial charge >= 0.3 is 0 Å². The molecule has 2 atom stereocenters. The van der Waals surface area contributed by atoms with Gasteiger partial charge < -0.3 is 15.4 Å². The van der Waals surface area contributed by atoms with Gasteiger partial charge in [0, 0.05) is 10.2 Å². The third-order valence-electron chi connectivity index (χ3n) is 3.94. The van der Waals surface area contributed by atoms with Crippen LogP contribution in [-0.4, -0.2) is 18.9 Å². The summed E-state index contributed by atoms with van der Waals surface area (Å²) >= 11 is 3.35. The molecule has 0 bridgehead atoms. The van der Waals surface area contributed by atoms with E-state index in [9.17, 15) is 9.59 Å². The van der Waals surface area contributed by atoms with E-state index < -0.39 is 0 Å². The summed E-state index contributed by atoms with van der Waals surface area (Å²) in [5.74, 6) is -0.274. The maximum absolute atomic E-state index is 12.3. The lowest BCUT2D eigenvalue weighted by molar-refractivity contribution is -0.122. The normalized spacial score (nSPS) is 18.6. The van der Waals surface area contributed by atoms with Crippen LogP contribution in [0.3, 0.4) is 0 Å². The van der Waals surface area contributed by atoms with Crippen molar-refractivity contribution in [3.63, 3.8) is 0 Å². The minimum atomic E-state index is -0.301. The number of hydrogen-bond donors (Lipinski definition) is 2. The lowest BCUT2D eigenvalue weighted by Crippen LogP contribution is -2.20. The molecule has 2 unspecified atom stereocenters. The van der Waals surface area contributed by atoms with Gasteiger partial charge in [-0.05, 0) is 42.8 Å². The van der Waals surface area contributed by atoms with Crippen LogP contribution in [0.25, 0.3) is 0 Å². The Morgan fingerprint density at radius 3 is 2.29 bits per heavy atom. The van der Waals surface area contributed by atoms with Gasteiger partial charge in [0.2, 0.25) is 11.8 Å². The highest BCUT2D eigenvalue weighted by Crippen LogP contribution is 2.40. The van der Waals surface area contributed by atoms with E-state index in [0.717, 1.165) is 10.2 Å². The van der Waals surface area contributed by atoms with Crippen LogP contribution in [0.4, 0.5) is 11.4 Å². The first-order chi connectivity index (χ1) is 11.6. The SMILES string of the molecule is COc1ccccc1NC(=O)C1CC1C(=O)Nc1ccc(Br)cc1. The number of para-hydroxylation sites is 2. The van der Waals surface area contributed by atoms with Crippen molar-refractivity contribution < 1.29 is 14.3 Å². The lowest BCUT2D eigenvalue weighted by Gasteiger charge is -2.09. The highest BCUT2D eigenvalue weighted by atomic mass is 79.9. The fraction of sp³-hybridized carbons (Fsp3) is 0.222. The number of nitrogens with one attached hydrogen (secondary N) is 2. The number of halogens is 1. The molecule has 1 fully saturated rings. The Hall–Kier alpha value is -2.34. The summed E-state index contributed by atoms with van der Waals surface area (Å²) in [4.78, 5) is 24.5. The molecule has 5 nitrogen and oxygen atoms in total. The van der Waals surface area contributed by atoms with Gasteiger partial charge in [0.15, 0.2) is 0 Å². The molecule has 2 aromatic rings. The number of anilines is 2. The van der Waals surface area contributed by atoms with E-state index >= 15 is 0 Å². The molecule has 0 aromatic heterocycles. The Kier molecular flexibility index (Phi) is 4.85. The molecular weight excluding hydrogens is 372 g/mol. The summed E-state index contributed by atoms with van der Waals surface area (Å²) < 4.78 is 6.16. The molecule has 0 heterocycles. The number of hydrogen-bond acceptors (Lipinski definition) is 3. The summed E-state index contributed by atoms with van der Waals surface area (Å²) in [6.45, 7) is 0. The molecule has 124 valence electrons. The Morgan fingerprint density at radius 1 is 1.00 bits per heavy atom. The van der Waals surface area contributed by atoms with Gasteiger partial charge in [-0.3, -0.25) is 9.59 Å². The Balaban J connectivity index is 1.57. The standard InChI is InChI=1S/C18H17BrN2O3/c1-24-16-5-3-2-4-15(16)21-18(23)14-10-13(14)17(22)20-12-8-6-11(19)7-9-12/h2-9,13-14H,10H2,1H3,(H,20,22)(H,21,23). The molecule has 0 saturated heterocycles. The van der Waals surface area contributed by atoms with Gasteiger partial charge in [-0.15, -0.1) is 0 Å². The number of benzene rings is 2. The van der Waals surface area contributed by atoms with E-state index in [0.29, 0.717) is 17.9 Å². The summed E-state index contributed by atoms with van der Waals surface area (Å²) in [7, 11) is 1.55. The average molecular weight is 389 g/mol. The number of methoxy groups -OCH3 is 1. The van der Waals surface area contributed by atoms with Crippen LogP contribution in [0.2, 0.25) is 0 Å². The van der Waals surface area contributed by atoms with Crippen molar-refractivity contribution >= 4 is 39.1 Å². The molecule has 1 aliphatic carbocycles. The van der Waals surface area contributed by atoms with Crippen molar-refractivity contribution in [3.8, 4) is 5.75 Å². The lowest BCUT2D eigenvalue weighted by atomic mass is 10.2. The predicted molar refractivity (Wildman–Crippen MR) is 96.0 cm³/mol. The van der Waals surface area contributed by atoms with Crippen LogP contribution >= 0.6 is 15.9 Å². The fourth-order valence-corrected chi connectivity index (χ4v) is 2.78. The van der Waals surface area contributed by atoms with Crippen LogP contribution in [-0.2, 0) is 9.59 Å². The van der Waals surface area contributed by atoms with E-state index in [1.807, 2.05) is 36.4 Å². The first-order valence-electron chi connectivity index (χ1n) is 7.59. The summed E-state index contributed by atoms with van der Waals surface area (Å²) in [6.07, 6.45) is 0.559. The van der Waals surface area contributed by atoms with Gasteiger partial charge in [0.1, 0.15) is 5.75 Å². The highest BCUT2D eigenvalue weighted by molar-refractivity contribution is 9.10. The molecule has 1 saturated carbocycles. The van der Waals surface area contributed by atoms with Crippen LogP contribution in [0.15, 0.2) is 53.0 Å². The van der Waals surface area contributed by atoms with E-state index in [1.165, 1.54) is 0 Å². The third kappa shape index (κ3) is 3.76. The quantitative estimate of drug-likeness (QED) is 0.820. The van der Waals surface area contributed by atoms with Crippen molar-refractivity contribution in [2.45, 2.75) is 6.42 Å². The van der Waals surface area contributed by atoms with Crippen LogP contribution in [0.5, 0.6) is 5.75 Å². The summed E-state index contributed by atoms with van der Waals surface area (Å²) in [5.41, 5.74) is 1.34. The molecule has 2 aromatic carbocycles.